The molecule has 3 aromatic carbocycles. The van der Waals surface area contributed by atoms with Crippen molar-refractivity contribution in [2.75, 3.05) is 5.32 Å². The number of carbonyl (C=O) groups is 1. The number of nitrogens with one attached hydrogen (secondary N) is 1. The molecule has 0 heterocycles. The Bertz CT molecular complexity index is 1030. The minimum Gasteiger partial charge on any atom is -0.385 e. The topological polar surface area (TPSA) is 92.2 Å². The first-order valence-corrected chi connectivity index (χ1v) is 9.77. The highest BCUT2D eigenvalue weighted by molar-refractivity contribution is 6.30. The van der Waals surface area contributed by atoms with E-state index >= 15 is 0 Å². The Hall–Kier alpha value is -3.51. The van der Waals surface area contributed by atoms with Gasteiger partial charge in [0.05, 0.1) is 12.2 Å². The summed E-state index contributed by atoms with van der Waals surface area (Å²) in [4.78, 5) is 17.2. The molecule has 3 rings (SSSR count). The Kier molecular flexibility index (Phi) is 7.29. The molecule has 1 unspecified atom stereocenters. The first-order chi connectivity index (χ1) is 14.5. The summed E-state index contributed by atoms with van der Waals surface area (Å²) < 4.78 is 0. The van der Waals surface area contributed by atoms with Gasteiger partial charge in [-0.1, -0.05) is 59.6 Å². The zero-order valence-electron chi connectivity index (χ0n) is 16.5. The maximum Gasteiger partial charge on any atom is 0.258 e. The summed E-state index contributed by atoms with van der Waals surface area (Å²) in [6.45, 7) is 2.36. The second-order valence-electron chi connectivity index (χ2n) is 6.68. The maximum absolute atomic E-state index is 12.8. The molecule has 7 heteroatoms. The summed E-state index contributed by atoms with van der Waals surface area (Å²) in [6.07, 6.45) is 0. The van der Waals surface area contributed by atoms with Crippen LogP contribution < -0.4 is 11.1 Å². The molecule has 0 aliphatic carbocycles. The van der Waals surface area contributed by atoms with Crippen LogP contribution in [-0.4, -0.2) is 17.8 Å². The number of aryl methyl sites for hydroxylation is 1. The summed E-state index contributed by atoms with van der Waals surface area (Å²) >= 11 is 5.90. The van der Waals surface area contributed by atoms with Crippen molar-refractivity contribution in [3.8, 4) is 0 Å². The average molecular weight is 420 g/mol. The summed E-state index contributed by atoms with van der Waals surface area (Å²) in [5.41, 5.74) is 9.50. The summed E-state index contributed by atoms with van der Waals surface area (Å²) in [5, 5.41) is 11.7. The van der Waals surface area contributed by atoms with E-state index in [2.05, 4.69) is 20.5 Å². The molecule has 0 radical (unpaired) electrons. The van der Waals surface area contributed by atoms with Gasteiger partial charge in [-0.3, -0.25) is 9.79 Å². The summed E-state index contributed by atoms with van der Waals surface area (Å²) in [7, 11) is 0. The molecule has 0 saturated heterocycles. The van der Waals surface area contributed by atoms with Gasteiger partial charge in [-0.05, 0) is 48.9 Å². The van der Waals surface area contributed by atoms with Crippen LogP contribution in [-0.2, 0) is 11.3 Å². The van der Waals surface area contributed by atoms with Crippen LogP contribution in [0.25, 0.3) is 0 Å². The van der Waals surface area contributed by atoms with E-state index in [9.17, 15) is 4.79 Å². The van der Waals surface area contributed by atoms with Crippen LogP contribution in [0.3, 0.4) is 0 Å². The van der Waals surface area contributed by atoms with E-state index < -0.39 is 11.9 Å². The molecule has 0 aliphatic rings. The number of azo groups is 1. The molecule has 6 nitrogen and oxygen atoms in total. The first kappa shape index (κ1) is 21.2. The lowest BCUT2D eigenvalue weighted by molar-refractivity contribution is -0.116. The van der Waals surface area contributed by atoms with Crippen molar-refractivity contribution in [2.45, 2.75) is 19.5 Å². The molecule has 0 saturated carbocycles. The van der Waals surface area contributed by atoms with Crippen molar-refractivity contribution in [3.05, 3.63) is 95.0 Å². The van der Waals surface area contributed by atoms with E-state index in [1.54, 1.807) is 36.4 Å². The fraction of sp³-hybridized carbons (Fsp3) is 0.130. The van der Waals surface area contributed by atoms with Crippen molar-refractivity contribution >= 4 is 34.7 Å². The van der Waals surface area contributed by atoms with Crippen LogP contribution in [0.2, 0.25) is 5.02 Å². The number of halogens is 1. The van der Waals surface area contributed by atoms with Gasteiger partial charge in [0.25, 0.3) is 5.91 Å². The number of hydrogen-bond acceptors (Lipinski definition) is 4. The van der Waals surface area contributed by atoms with Crippen molar-refractivity contribution < 1.29 is 4.79 Å². The Morgan fingerprint density at radius 1 is 1.00 bits per heavy atom. The highest BCUT2D eigenvalue weighted by Gasteiger charge is 2.22. The summed E-state index contributed by atoms with van der Waals surface area (Å²) in [6, 6.07) is 22.8. The van der Waals surface area contributed by atoms with Crippen LogP contribution in [0.4, 0.5) is 11.4 Å². The molecule has 0 fully saturated rings. The van der Waals surface area contributed by atoms with E-state index in [0.29, 0.717) is 22.9 Å². The second-order valence-corrected chi connectivity index (χ2v) is 7.11. The van der Waals surface area contributed by atoms with Crippen molar-refractivity contribution in [3.63, 3.8) is 0 Å². The van der Waals surface area contributed by atoms with Crippen molar-refractivity contribution in [2.24, 2.45) is 21.0 Å². The number of aliphatic imine (C=N–C) groups is 1. The van der Waals surface area contributed by atoms with Crippen molar-refractivity contribution in [1.29, 1.82) is 0 Å². The highest BCUT2D eigenvalue weighted by Crippen LogP contribution is 2.17. The van der Waals surface area contributed by atoms with Gasteiger partial charge >= 0.3 is 0 Å². The second kappa shape index (κ2) is 10.3. The third-order valence-electron chi connectivity index (χ3n) is 4.25. The van der Waals surface area contributed by atoms with Gasteiger partial charge in [0.2, 0.25) is 6.04 Å². The van der Waals surface area contributed by atoms with Crippen molar-refractivity contribution in [1.82, 2.24) is 0 Å². The zero-order chi connectivity index (χ0) is 21.3. The molecule has 3 aromatic rings. The number of hydrogen-bond donors (Lipinski definition) is 2. The van der Waals surface area contributed by atoms with Crippen LogP contribution in [0, 0.1) is 6.92 Å². The number of anilines is 1. The maximum atomic E-state index is 12.8. The number of para-hydroxylation sites is 1. The third-order valence-corrected chi connectivity index (χ3v) is 4.50. The normalized spacial score (nSPS) is 12.7. The predicted octanol–water partition coefficient (Wildman–Crippen LogP) is 5.30. The van der Waals surface area contributed by atoms with E-state index in [-0.39, 0.29) is 5.84 Å². The first-order valence-electron chi connectivity index (χ1n) is 9.39. The number of nitrogens with zero attached hydrogens (tertiary/aromatic N) is 3. The van der Waals surface area contributed by atoms with Crippen LogP contribution >= 0.6 is 11.6 Å². The Balaban J connectivity index is 1.81. The highest BCUT2D eigenvalue weighted by atomic mass is 35.5. The molecule has 3 N–H and O–H groups in total. The Labute approximate surface area is 180 Å². The lowest BCUT2D eigenvalue weighted by atomic mass is 10.1. The van der Waals surface area contributed by atoms with Crippen LogP contribution in [0.5, 0.6) is 0 Å². The van der Waals surface area contributed by atoms with Gasteiger partial charge in [-0.15, -0.1) is 0 Å². The smallest absolute Gasteiger partial charge is 0.258 e. The average Bonchev–Trinajstić information content (AvgIpc) is 2.75. The number of benzene rings is 3. The molecule has 0 aromatic heterocycles. The van der Waals surface area contributed by atoms with E-state index in [0.717, 1.165) is 11.1 Å². The lowest BCUT2D eigenvalue weighted by Crippen LogP contribution is -2.38. The molecule has 152 valence electrons. The monoisotopic (exact) mass is 419 g/mol. The van der Waals surface area contributed by atoms with Gasteiger partial charge < -0.3 is 11.1 Å². The van der Waals surface area contributed by atoms with Gasteiger partial charge in [0.1, 0.15) is 5.84 Å². The fourth-order valence-electron chi connectivity index (χ4n) is 2.57. The van der Waals surface area contributed by atoms with Crippen LogP contribution in [0.15, 0.2) is 94.1 Å². The van der Waals surface area contributed by atoms with Gasteiger partial charge in [-0.25, -0.2) is 0 Å². The molecule has 0 spiro atoms. The molecular weight excluding hydrogens is 398 g/mol. The zero-order valence-corrected chi connectivity index (χ0v) is 17.3. The van der Waals surface area contributed by atoms with E-state index in [4.69, 9.17) is 17.3 Å². The quantitative estimate of drug-likeness (QED) is 0.309. The van der Waals surface area contributed by atoms with Gasteiger partial charge in [0.15, 0.2) is 0 Å². The molecule has 0 aliphatic heterocycles. The van der Waals surface area contributed by atoms with Gasteiger partial charge in [0, 0.05) is 10.7 Å². The van der Waals surface area contributed by atoms with E-state index in [1.165, 1.54) is 0 Å². The van der Waals surface area contributed by atoms with Crippen LogP contribution in [0.1, 0.15) is 11.1 Å². The Morgan fingerprint density at radius 2 is 1.67 bits per heavy atom. The minimum atomic E-state index is -1.06. The SMILES string of the molecule is Cc1ccc(C/N=C(\N)C(/N=N/c2ccc(Cl)cc2)C(=O)Nc2ccccc2)cc1. The number of nitrogens with two attached hydrogens (primary N) is 1. The van der Waals surface area contributed by atoms with E-state index in [1.807, 2.05) is 49.4 Å². The minimum absolute atomic E-state index is 0.0849. The lowest BCUT2D eigenvalue weighted by Gasteiger charge is -2.12. The number of rotatable bonds is 7. The number of amides is 1. The largest absolute Gasteiger partial charge is 0.385 e. The molecule has 0 bridgehead atoms. The van der Waals surface area contributed by atoms with Gasteiger partial charge in [-0.2, -0.15) is 10.2 Å². The molecule has 1 atom stereocenters. The Morgan fingerprint density at radius 3 is 2.33 bits per heavy atom. The molecule has 30 heavy (non-hydrogen) atoms. The molecule has 1 amide bonds. The standard InChI is InChI=1S/C23H22ClN5O/c1-16-7-9-17(10-8-16)15-26-22(25)21(23(30)27-19-5-3-2-4-6-19)29-28-20-13-11-18(24)12-14-20/h2-14,21H,15H2,1H3,(H2,25,26)(H,27,30)/b29-28+. The third kappa shape index (κ3) is 6.25. The number of amidine groups is 1. The predicted molar refractivity (Wildman–Crippen MR) is 121 cm³/mol. The number of carbonyl (C=O) groups excluding carboxylic acids is 1. The summed E-state index contributed by atoms with van der Waals surface area (Å²) in [5.74, 6) is -0.328. The fourth-order valence-corrected chi connectivity index (χ4v) is 2.70. The molecular formula is C23H22ClN5O.